The van der Waals surface area contributed by atoms with E-state index >= 15 is 0 Å². The van der Waals surface area contributed by atoms with E-state index < -0.39 is 23.4 Å². The van der Waals surface area contributed by atoms with E-state index in [4.69, 9.17) is 11.6 Å². The topological polar surface area (TPSA) is 107 Å². The molecule has 0 saturated heterocycles. The van der Waals surface area contributed by atoms with E-state index in [0.717, 1.165) is 5.56 Å². The molecule has 0 aliphatic carbocycles. The third-order valence-corrected chi connectivity index (χ3v) is 5.33. The molecule has 3 N–H and O–H groups in total. The van der Waals surface area contributed by atoms with Crippen LogP contribution in [0.15, 0.2) is 42.5 Å². The predicted molar refractivity (Wildman–Crippen MR) is 123 cm³/mol. The largest absolute Gasteiger partial charge is 0.347 e. The number of nitrogens with one attached hydrogen (secondary N) is 3. The molecule has 0 saturated carbocycles. The summed E-state index contributed by atoms with van der Waals surface area (Å²) in [5.41, 5.74) is 1.07. The van der Waals surface area contributed by atoms with Gasteiger partial charge in [-0.1, -0.05) is 23.7 Å². The van der Waals surface area contributed by atoms with E-state index in [9.17, 15) is 23.2 Å². The predicted octanol–water partition coefficient (Wildman–Crippen LogP) is 4.01. The summed E-state index contributed by atoms with van der Waals surface area (Å²) in [5, 5.41) is 11.1. The Hall–Kier alpha value is -3.79. The first-order valence-corrected chi connectivity index (χ1v) is 10.8. The van der Waals surface area contributed by atoms with Crippen LogP contribution in [0.1, 0.15) is 50.6 Å². The van der Waals surface area contributed by atoms with E-state index in [2.05, 4.69) is 20.8 Å². The first-order chi connectivity index (χ1) is 16.2. The van der Waals surface area contributed by atoms with Gasteiger partial charge in [0.1, 0.15) is 5.82 Å². The first-order valence-electron chi connectivity index (χ1n) is 10.4. The number of hydrogen-bond acceptors (Lipinski definition) is 4. The third-order valence-electron chi connectivity index (χ3n) is 5.02. The number of rotatable bonds is 8. The fourth-order valence-corrected chi connectivity index (χ4v) is 3.36. The van der Waals surface area contributed by atoms with Crippen molar-refractivity contribution in [3.8, 4) is 0 Å². The Kier molecular flexibility index (Phi) is 7.95. The molecule has 34 heavy (non-hydrogen) atoms. The molecule has 0 spiro atoms. The van der Waals surface area contributed by atoms with Crippen LogP contribution >= 0.6 is 11.6 Å². The number of hydrogen-bond donors (Lipinski definition) is 3. The molecule has 3 amide bonds. The smallest absolute Gasteiger partial charge is 0.272 e. The Morgan fingerprint density at radius 3 is 2.29 bits per heavy atom. The van der Waals surface area contributed by atoms with E-state index in [-0.39, 0.29) is 34.5 Å². The Bertz CT molecular complexity index is 1210. The molecule has 0 fully saturated rings. The van der Waals surface area contributed by atoms with Gasteiger partial charge in [-0.15, -0.1) is 0 Å². The number of aromatic nitrogens is 2. The summed E-state index contributed by atoms with van der Waals surface area (Å²) in [6.45, 7) is 5.25. The number of nitrogens with zero attached hydrogens (tertiary/aromatic N) is 2. The Balaban J connectivity index is 1.58. The summed E-state index contributed by atoms with van der Waals surface area (Å²) in [7, 11) is 0. The van der Waals surface area contributed by atoms with Crippen LogP contribution in [0.3, 0.4) is 0 Å². The molecule has 0 aliphatic rings. The number of amides is 3. The summed E-state index contributed by atoms with van der Waals surface area (Å²) in [6.07, 6.45) is 0. The number of halogens is 3. The molecule has 8 nitrogen and oxygen atoms in total. The summed E-state index contributed by atoms with van der Waals surface area (Å²) in [6, 6.07) is 9.56. The van der Waals surface area contributed by atoms with Crippen molar-refractivity contribution in [1.82, 2.24) is 20.4 Å². The molecule has 2 aromatic carbocycles. The average molecular weight is 490 g/mol. The van der Waals surface area contributed by atoms with Crippen LogP contribution in [0.4, 0.5) is 14.6 Å². The highest BCUT2D eigenvalue weighted by atomic mass is 35.5. The molecule has 3 rings (SSSR count). The highest BCUT2D eigenvalue weighted by Gasteiger charge is 2.17. The molecule has 0 atom stereocenters. The van der Waals surface area contributed by atoms with Gasteiger partial charge in [0, 0.05) is 31.3 Å². The normalized spacial score (nSPS) is 10.6. The summed E-state index contributed by atoms with van der Waals surface area (Å²) in [4.78, 5) is 38.7. The standard InChI is InChI=1S/C23H22ClF2N5O3/c1-3-31(4-2)23(34)14-7-5-13(6-8-14)12-27-22(33)19-11-20(30-29-19)28-21(32)15-9-17(25)18(26)10-16(15)24/h5-11H,3-4,12H2,1-2H3,(H,27,33)(H2,28,29,30,32). The minimum atomic E-state index is -1.22. The second-order valence-electron chi connectivity index (χ2n) is 7.22. The minimum Gasteiger partial charge on any atom is -0.347 e. The van der Waals surface area contributed by atoms with Crippen LogP contribution in [0.25, 0.3) is 0 Å². The van der Waals surface area contributed by atoms with Crippen molar-refractivity contribution in [2.45, 2.75) is 20.4 Å². The van der Waals surface area contributed by atoms with E-state index in [1.54, 1.807) is 29.2 Å². The van der Waals surface area contributed by atoms with Gasteiger partial charge < -0.3 is 15.5 Å². The number of anilines is 1. The molecule has 1 heterocycles. The molecule has 11 heteroatoms. The Morgan fingerprint density at radius 1 is 1.00 bits per heavy atom. The third kappa shape index (κ3) is 5.76. The lowest BCUT2D eigenvalue weighted by Gasteiger charge is -2.18. The van der Waals surface area contributed by atoms with Crippen molar-refractivity contribution < 1.29 is 23.2 Å². The van der Waals surface area contributed by atoms with Gasteiger partial charge in [-0.05, 0) is 43.7 Å². The van der Waals surface area contributed by atoms with Crippen molar-refractivity contribution in [2.24, 2.45) is 0 Å². The van der Waals surface area contributed by atoms with E-state index in [0.29, 0.717) is 30.8 Å². The maximum atomic E-state index is 13.4. The quantitative estimate of drug-likeness (QED) is 0.415. The molecular formula is C23H22ClF2N5O3. The number of carbonyl (C=O) groups is 3. The van der Waals surface area contributed by atoms with Gasteiger partial charge in [0.05, 0.1) is 10.6 Å². The second-order valence-corrected chi connectivity index (χ2v) is 7.63. The van der Waals surface area contributed by atoms with E-state index in [1.807, 2.05) is 13.8 Å². The van der Waals surface area contributed by atoms with Gasteiger partial charge in [0.15, 0.2) is 17.3 Å². The number of carbonyl (C=O) groups excluding carboxylic acids is 3. The molecule has 0 aliphatic heterocycles. The van der Waals surface area contributed by atoms with Crippen molar-refractivity contribution in [3.05, 3.63) is 81.5 Å². The average Bonchev–Trinajstić information content (AvgIpc) is 3.29. The molecule has 0 unspecified atom stereocenters. The number of benzene rings is 2. The fraction of sp³-hybridized carbons (Fsp3) is 0.217. The van der Waals surface area contributed by atoms with Gasteiger partial charge in [-0.25, -0.2) is 8.78 Å². The lowest BCUT2D eigenvalue weighted by molar-refractivity contribution is 0.0772. The second kappa shape index (κ2) is 10.9. The van der Waals surface area contributed by atoms with Gasteiger partial charge >= 0.3 is 0 Å². The molecule has 0 radical (unpaired) electrons. The van der Waals surface area contributed by atoms with Crippen LogP contribution in [-0.2, 0) is 6.54 Å². The molecule has 1 aromatic heterocycles. The van der Waals surface area contributed by atoms with Crippen molar-refractivity contribution in [2.75, 3.05) is 18.4 Å². The molecule has 0 bridgehead atoms. The lowest BCUT2D eigenvalue weighted by atomic mass is 10.1. The summed E-state index contributed by atoms with van der Waals surface area (Å²) >= 11 is 5.80. The zero-order chi connectivity index (χ0) is 24.8. The number of H-pyrrole nitrogens is 1. The molecular weight excluding hydrogens is 468 g/mol. The Morgan fingerprint density at radius 2 is 1.65 bits per heavy atom. The zero-order valence-corrected chi connectivity index (χ0v) is 19.2. The monoisotopic (exact) mass is 489 g/mol. The highest BCUT2D eigenvalue weighted by Crippen LogP contribution is 2.21. The van der Waals surface area contributed by atoms with Gasteiger partial charge in [-0.2, -0.15) is 5.10 Å². The van der Waals surface area contributed by atoms with Crippen molar-refractivity contribution in [3.63, 3.8) is 0 Å². The SMILES string of the molecule is CCN(CC)C(=O)c1ccc(CNC(=O)c2cc(NC(=O)c3cc(F)c(F)cc3Cl)[nH]n2)cc1. The van der Waals surface area contributed by atoms with Crippen LogP contribution in [-0.4, -0.2) is 45.9 Å². The van der Waals surface area contributed by atoms with Crippen molar-refractivity contribution >= 4 is 35.1 Å². The molecule has 178 valence electrons. The van der Waals surface area contributed by atoms with Gasteiger partial charge in [-0.3, -0.25) is 19.5 Å². The number of aromatic amines is 1. The lowest BCUT2D eigenvalue weighted by Crippen LogP contribution is -2.30. The first kappa shape index (κ1) is 24.8. The maximum absolute atomic E-state index is 13.4. The minimum absolute atomic E-state index is 0.0000138. The molecule has 3 aromatic rings. The van der Waals surface area contributed by atoms with E-state index in [1.165, 1.54) is 6.07 Å². The fourth-order valence-electron chi connectivity index (χ4n) is 3.12. The zero-order valence-electron chi connectivity index (χ0n) is 18.4. The van der Waals surface area contributed by atoms with Gasteiger partial charge in [0.2, 0.25) is 0 Å². The van der Waals surface area contributed by atoms with Crippen LogP contribution in [0, 0.1) is 11.6 Å². The van der Waals surface area contributed by atoms with Gasteiger partial charge in [0.25, 0.3) is 17.7 Å². The highest BCUT2D eigenvalue weighted by molar-refractivity contribution is 6.34. The summed E-state index contributed by atoms with van der Waals surface area (Å²) in [5.74, 6) is -3.70. The van der Waals surface area contributed by atoms with Crippen LogP contribution in [0.5, 0.6) is 0 Å². The summed E-state index contributed by atoms with van der Waals surface area (Å²) < 4.78 is 26.6. The van der Waals surface area contributed by atoms with Crippen LogP contribution < -0.4 is 10.6 Å². The van der Waals surface area contributed by atoms with Crippen LogP contribution in [0.2, 0.25) is 5.02 Å². The maximum Gasteiger partial charge on any atom is 0.272 e. The van der Waals surface area contributed by atoms with Crippen molar-refractivity contribution in [1.29, 1.82) is 0 Å². The Labute approximate surface area is 199 Å².